The maximum atomic E-state index is 15.5. The average molecular weight is 705 g/mol. The summed E-state index contributed by atoms with van der Waals surface area (Å²) in [6, 6.07) is 9.32. The third-order valence-electron chi connectivity index (χ3n) is 8.76. The number of esters is 1. The van der Waals surface area contributed by atoms with E-state index < -0.39 is 23.7 Å². The summed E-state index contributed by atoms with van der Waals surface area (Å²) in [5, 5.41) is 5.95. The number of carbonyl (C=O) groups is 3. The zero-order chi connectivity index (χ0) is 33.3. The Labute approximate surface area is 282 Å². The number of anilines is 1. The third-order valence-corrected chi connectivity index (χ3v) is 11.2. The maximum Gasteiger partial charge on any atom is 0.305 e. The molecule has 2 saturated heterocycles. The molecule has 2 amide bonds. The van der Waals surface area contributed by atoms with Gasteiger partial charge >= 0.3 is 5.97 Å². The number of thiazole rings is 1. The Morgan fingerprint density at radius 3 is 2.70 bits per heavy atom. The molecule has 4 aromatic rings. The highest BCUT2D eigenvalue weighted by Gasteiger charge is 2.43. The van der Waals surface area contributed by atoms with Crippen LogP contribution in [-0.4, -0.2) is 71.3 Å². The van der Waals surface area contributed by atoms with Crippen molar-refractivity contribution in [3.8, 4) is 0 Å². The second-order valence-corrected chi connectivity index (χ2v) is 14.2. The molecule has 1 N–H and O–H groups in total. The van der Waals surface area contributed by atoms with Crippen molar-refractivity contribution >= 4 is 67.8 Å². The van der Waals surface area contributed by atoms with Crippen LogP contribution in [0.5, 0.6) is 0 Å². The number of ether oxygens (including phenoxy) is 1. The quantitative estimate of drug-likeness (QED) is 0.187. The first kappa shape index (κ1) is 33.4. The standard InChI is InChI=1S/C33H32ClF3N4O4S2/c1-45-30(43)7-6-21-16-38-32(47-21)27-14-20(40-10-8-33(36,37)9-11-40)17-41(27)29(42)13-19-12-24(34)26(15-25(19)35)39-31(44)23-18-46-28-5-3-2-4-22(23)28/h2-5,12,15-16,18,20,27H,6-11,13-14,17H2,1H3,(H,39,44)/t20-,27-/m0/s1. The van der Waals surface area contributed by atoms with Crippen LogP contribution in [0.2, 0.25) is 5.02 Å². The molecular weight excluding hydrogens is 673 g/mol. The fraction of sp³-hybridized carbons (Fsp3) is 0.394. The second kappa shape index (κ2) is 13.9. The molecule has 8 nitrogen and oxygen atoms in total. The number of alkyl halides is 2. The normalized spacial score (nSPS) is 19.6. The fourth-order valence-corrected chi connectivity index (χ4v) is 8.37. The van der Waals surface area contributed by atoms with Gasteiger partial charge in [0.15, 0.2) is 0 Å². The molecule has 2 atom stereocenters. The van der Waals surface area contributed by atoms with Gasteiger partial charge in [-0.3, -0.25) is 19.3 Å². The summed E-state index contributed by atoms with van der Waals surface area (Å²) < 4.78 is 49.0. The van der Waals surface area contributed by atoms with Crippen LogP contribution in [0.1, 0.15) is 57.5 Å². The number of halogens is 4. The Bertz CT molecular complexity index is 1810. The predicted molar refractivity (Wildman–Crippen MR) is 176 cm³/mol. The molecule has 2 aromatic carbocycles. The fourth-order valence-electron chi connectivity index (χ4n) is 6.15. The Balaban J connectivity index is 1.19. The average Bonchev–Trinajstić information content (AvgIpc) is 3.81. The number of likely N-dealkylation sites (tertiary alicyclic amines) is 2. The van der Waals surface area contributed by atoms with Crippen LogP contribution in [0.3, 0.4) is 0 Å². The maximum absolute atomic E-state index is 15.5. The number of aryl methyl sites for hydroxylation is 1. The van der Waals surface area contributed by atoms with Crippen molar-refractivity contribution in [1.82, 2.24) is 14.8 Å². The lowest BCUT2D eigenvalue weighted by molar-refractivity contribution is -0.140. The molecule has 2 fully saturated rings. The van der Waals surface area contributed by atoms with Crippen molar-refractivity contribution in [1.29, 1.82) is 0 Å². The van der Waals surface area contributed by atoms with E-state index in [9.17, 15) is 23.2 Å². The van der Waals surface area contributed by atoms with Gasteiger partial charge in [-0.2, -0.15) is 0 Å². The van der Waals surface area contributed by atoms with Gasteiger partial charge in [0.05, 0.1) is 42.3 Å². The van der Waals surface area contributed by atoms with Crippen LogP contribution in [-0.2, 0) is 27.2 Å². The van der Waals surface area contributed by atoms with E-state index in [0.29, 0.717) is 23.4 Å². The van der Waals surface area contributed by atoms with Crippen molar-refractivity contribution in [3.63, 3.8) is 0 Å². The van der Waals surface area contributed by atoms with Crippen LogP contribution < -0.4 is 5.32 Å². The number of rotatable bonds is 9. The highest BCUT2D eigenvalue weighted by Crippen LogP contribution is 2.39. The van der Waals surface area contributed by atoms with Crippen LogP contribution in [0.15, 0.2) is 48.0 Å². The lowest BCUT2D eigenvalue weighted by Crippen LogP contribution is -2.46. The minimum atomic E-state index is -2.70. The van der Waals surface area contributed by atoms with Gasteiger partial charge in [-0.15, -0.1) is 22.7 Å². The van der Waals surface area contributed by atoms with E-state index in [-0.39, 0.29) is 79.5 Å². The Hall–Kier alpha value is -3.52. The summed E-state index contributed by atoms with van der Waals surface area (Å²) >= 11 is 9.30. The Morgan fingerprint density at radius 1 is 1.17 bits per heavy atom. The van der Waals surface area contributed by atoms with Crippen LogP contribution in [0, 0.1) is 5.82 Å². The van der Waals surface area contributed by atoms with Crippen molar-refractivity contribution in [2.24, 2.45) is 0 Å². The number of fused-ring (bicyclic) bond motifs is 1. The summed E-state index contributed by atoms with van der Waals surface area (Å²) in [5.41, 5.74) is 0.602. The van der Waals surface area contributed by atoms with E-state index in [1.54, 1.807) is 16.5 Å². The lowest BCUT2D eigenvalue weighted by Gasteiger charge is -2.35. The molecule has 2 aliphatic heterocycles. The highest BCUT2D eigenvalue weighted by molar-refractivity contribution is 7.17. The van der Waals surface area contributed by atoms with E-state index >= 15 is 4.39 Å². The molecule has 47 heavy (non-hydrogen) atoms. The van der Waals surface area contributed by atoms with E-state index in [2.05, 4.69) is 10.3 Å². The number of hydrogen-bond acceptors (Lipinski definition) is 8. The molecule has 0 unspecified atom stereocenters. The van der Waals surface area contributed by atoms with Crippen molar-refractivity contribution in [3.05, 3.63) is 79.8 Å². The smallest absolute Gasteiger partial charge is 0.305 e. The summed E-state index contributed by atoms with van der Waals surface area (Å²) in [6.07, 6.45) is 2.01. The molecule has 0 spiro atoms. The largest absolute Gasteiger partial charge is 0.469 e. The molecule has 6 rings (SSSR count). The predicted octanol–water partition coefficient (Wildman–Crippen LogP) is 7.12. The first-order chi connectivity index (χ1) is 22.5. The monoisotopic (exact) mass is 704 g/mol. The van der Waals surface area contributed by atoms with Gasteiger partial charge in [0.25, 0.3) is 11.8 Å². The molecule has 0 aliphatic carbocycles. The minimum absolute atomic E-state index is 0.0664. The Morgan fingerprint density at radius 2 is 1.94 bits per heavy atom. The topological polar surface area (TPSA) is 91.8 Å². The first-order valence-corrected chi connectivity index (χ1v) is 17.3. The van der Waals surface area contributed by atoms with Crippen LogP contribution in [0.25, 0.3) is 10.1 Å². The first-order valence-electron chi connectivity index (χ1n) is 15.2. The lowest BCUT2D eigenvalue weighted by atomic mass is 10.0. The van der Waals surface area contributed by atoms with E-state index in [1.165, 1.54) is 35.8 Å². The van der Waals surface area contributed by atoms with Crippen LogP contribution >= 0.6 is 34.3 Å². The van der Waals surface area contributed by atoms with Gasteiger partial charge < -0.3 is 15.0 Å². The highest BCUT2D eigenvalue weighted by atomic mass is 35.5. The number of benzene rings is 2. The summed E-state index contributed by atoms with van der Waals surface area (Å²) in [4.78, 5) is 47.5. The summed E-state index contributed by atoms with van der Waals surface area (Å²) in [7, 11) is 1.32. The van der Waals surface area contributed by atoms with Gasteiger partial charge in [0.2, 0.25) is 5.91 Å². The van der Waals surface area contributed by atoms with Crippen molar-refractivity contribution < 1.29 is 32.3 Å². The number of nitrogens with one attached hydrogen (secondary N) is 1. The molecule has 0 bridgehead atoms. The molecule has 0 saturated carbocycles. The number of aromatic nitrogens is 1. The second-order valence-electron chi connectivity index (χ2n) is 11.8. The van der Waals surface area contributed by atoms with E-state index in [4.69, 9.17) is 16.3 Å². The van der Waals surface area contributed by atoms with Gasteiger partial charge in [-0.25, -0.2) is 18.2 Å². The summed E-state index contributed by atoms with van der Waals surface area (Å²) in [6.45, 7) is 0.713. The number of methoxy groups -OCH3 is 1. The number of carbonyl (C=O) groups excluding carboxylic acids is 3. The molecule has 248 valence electrons. The molecule has 14 heteroatoms. The number of piperidine rings is 1. The van der Waals surface area contributed by atoms with Crippen molar-refractivity contribution in [2.45, 2.75) is 56.5 Å². The summed E-state index contributed by atoms with van der Waals surface area (Å²) in [5.74, 6) is -4.52. The number of amides is 2. The third kappa shape index (κ3) is 7.48. The minimum Gasteiger partial charge on any atom is -0.469 e. The van der Waals surface area contributed by atoms with Crippen LogP contribution in [0.4, 0.5) is 18.9 Å². The zero-order valence-electron chi connectivity index (χ0n) is 25.4. The molecule has 0 radical (unpaired) electrons. The zero-order valence-corrected chi connectivity index (χ0v) is 27.8. The van der Waals surface area contributed by atoms with Gasteiger partial charge in [-0.1, -0.05) is 29.8 Å². The molecule has 4 heterocycles. The van der Waals surface area contributed by atoms with E-state index in [0.717, 1.165) is 21.0 Å². The molecule has 2 aliphatic rings. The number of nitrogens with zero attached hydrogens (tertiary/aromatic N) is 3. The number of thiophene rings is 1. The molecular formula is C33H32ClF3N4O4S2. The SMILES string of the molecule is COC(=O)CCc1cnc([C@@H]2C[C@H](N3CCC(F)(F)CC3)CN2C(=O)Cc2cc(Cl)c(NC(=O)c3csc4ccccc34)cc2F)s1. The van der Waals surface area contributed by atoms with E-state index in [1.807, 2.05) is 29.2 Å². The van der Waals surface area contributed by atoms with Crippen molar-refractivity contribution in [2.75, 3.05) is 32.1 Å². The molecule has 2 aromatic heterocycles. The van der Waals surface area contributed by atoms with Gasteiger partial charge in [0.1, 0.15) is 10.8 Å². The number of hydrogen-bond donors (Lipinski definition) is 1. The Kier molecular flexibility index (Phi) is 9.88. The van der Waals surface area contributed by atoms with Gasteiger partial charge in [-0.05, 0) is 36.6 Å². The van der Waals surface area contributed by atoms with Gasteiger partial charge in [0, 0.05) is 65.1 Å².